The summed E-state index contributed by atoms with van der Waals surface area (Å²) in [6.45, 7) is 1.66. The van der Waals surface area contributed by atoms with E-state index >= 15 is 0 Å². The first-order chi connectivity index (χ1) is 14.5. The number of rotatable bonds is 8. The second-order valence-electron chi connectivity index (χ2n) is 6.92. The first kappa shape index (κ1) is 21.4. The van der Waals surface area contributed by atoms with Gasteiger partial charge in [0.1, 0.15) is 18.1 Å². The van der Waals surface area contributed by atoms with Gasteiger partial charge in [0.2, 0.25) is 5.91 Å². The Labute approximate surface area is 176 Å². The monoisotopic (exact) mass is 413 g/mol. The molecule has 1 saturated heterocycles. The molecule has 1 aliphatic rings. The van der Waals surface area contributed by atoms with Gasteiger partial charge in [0.15, 0.2) is 0 Å². The number of urea groups is 1. The number of anilines is 2. The Morgan fingerprint density at radius 1 is 1.00 bits per heavy atom. The maximum absolute atomic E-state index is 13.2. The molecular weight excluding hydrogens is 386 g/mol. The molecule has 30 heavy (non-hydrogen) atoms. The second kappa shape index (κ2) is 9.98. The summed E-state index contributed by atoms with van der Waals surface area (Å²) in [5.41, 5.74) is 2.16. The molecule has 0 aromatic heterocycles. The average Bonchev–Trinajstić information content (AvgIpc) is 2.76. The van der Waals surface area contributed by atoms with Crippen LogP contribution in [0, 0.1) is 0 Å². The van der Waals surface area contributed by atoms with Gasteiger partial charge >= 0.3 is 6.03 Å². The Morgan fingerprint density at radius 2 is 1.70 bits per heavy atom. The van der Waals surface area contributed by atoms with E-state index in [1.807, 2.05) is 24.3 Å². The number of hydrogen-bond donors (Lipinski definition) is 1. The molecule has 3 amide bonds. The highest BCUT2D eigenvalue weighted by Crippen LogP contribution is 2.32. The number of carbonyl (C=O) groups excluding carboxylic acids is 2. The van der Waals surface area contributed by atoms with Crippen molar-refractivity contribution in [3.63, 3.8) is 0 Å². The lowest BCUT2D eigenvalue weighted by atomic mass is 10.1. The van der Waals surface area contributed by atoms with Crippen LogP contribution in [0.3, 0.4) is 0 Å². The van der Waals surface area contributed by atoms with Crippen molar-refractivity contribution in [2.24, 2.45) is 0 Å². The van der Waals surface area contributed by atoms with Crippen molar-refractivity contribution in [1.29, 1.82) is 0 Å². The Morgan fingerprint density at radius 3 is 2.37 bits per heavy atom. The molecule has 1 fully saturated rings. The quantitative estimate of drug-likeness (QED) is 0.719. The minimum Gasteiger partial charge on any atom is -0.497 e. The zero-order valence-electron chi connectivity index (χ0n) is 17.5. The van der Waals surface area contributed by atoms with Crippen molar-refractivity contribution >= 4 is 23.3 Å². The topological polar surface area (TPSA) is 80.3 Å². The molecule has 0 radical (unpaired) electrons. The lowest BCUT2D eigenvalue weighted by molar-refractivity contribution is -0.119. The normalized spacial score (nSPS) is 13.9. The van der Waals surface area contributed by atoms with Crippen LogP contribution in [0.4, 0.5) is 16.2 Å². The third-order valence-corrected chi connectivity index (χ3v) is 4.89. The van der Waals surface area contributed by atoms with Gasteiger partial charge in [0.25, 0.3) is 0 Å². The number of nitrogens with one attached hydrogen (secondary N) is 1. The predicted molar refractivity (Wildman–Crippen MR) is 114 cm³/mol. The van der Waals surface area contributed by atoms with Gasteiger partial charge in [-0.15, -0.1) is 0 Å². The third-order valence-electron chi connectivity index (χ3n) is 4.89. The van der Waals surface area contributed by atoms with Gasteiger partial charge in [-0.05, 0) is 36.2 Å². The van der Waals surface area contributed by atoms with Gasteiger partial charge < -0.3 is 24.4 Å². The Bertz CT molecular complexity index is 885. The predicted octanol–water partition coefficient (Wildman–Crippen LogP) is 3.12. The van der Waals surface area contributed by atoms with Gasteiger partial charge in [0.05, 0.1) is 25.6 Å². The fourth-order valence-corrected chi connectivity index (χ4v) is 3.40. The molecule has 8 heteroatoms. The number of hydrogen-bond acceptors (Lipinski definition) is 5. The Hall–Kier alpha value is -3.26. The van der Waals surface area contributed by atoms with Crippen LogP contribution in [0.15, 0.2) is 42.5 Å². The van der Waals surface area contributed by atoms with Crippen LogP contribution in [0.1, 0.15) is 12.0 Å². The highest BCUT2D eigenvalue weighted by Gasteiger charge is 2.29. The van der Waals surface area contributed by atoms with E-state index in [0.717, 1.165) is 17.7 Å². The van der Waals surface area contributed by atoms with E-state index in [1.165, 1.54) is 7.11 Å². The summed E-state index contributed by atoms with van der Waals surface area (Å²) in [5, 5.41) is 2.81. The van der Waals surface area contributed by atoms with Crippen LogP contribution >= 0.6 is 0 Å². The molecule has 160 valence electrons. The summed E-state index contributed by atoms with van der Waals surface area (Å²) in [6.07, 6.45) is 0.819. The molecule has 8 nitrogen and oxygen atoms in total. The van der Waals surface area contributed by atoms with Crippen LogP contribution in [0.5, 0.6) is 11.5 Å². The van der Waals surface area contributed by atoms with Crippen LogP contribution in [0.25, 0.3) is 0 Å². The molecule has 3 rings (SSSR count). The number of carbonyl (C=O) groups is 2. The summed E-state index contributed by atoms with van der Waals surface area (Å²) in [5.74, 6) is 1.07. The van der Waals surface area contributed by atoms with Crippen molar-refractivity contribution in [3.05, 3.63) is 48.0 Å². The molecular formula is C22H27N3O5. The fraction of sp³-hybridized carbons (Fsp3) is 0.364. The van der Waals surface area contributed by atoms with Crippen molar-refractivity contribution in [3.8, 4) is 11.5 Å². The second-order valence-corrected chi connectivity index (χ2v) is 6.92. The van der Waals surface area contributed by atoms with E-state index in [-0.39, 0.29) is 18.5 Å². The third kappa shape index (κ3) is 5.01. The van der Waals surface area contributed by atoms with Gasteiger partial charge in [0, 0.05) is 32.8 Å². The highest BCUT2D eigenvalue weighted by atomic mass is 16.5. The molecule has 0 bridgehead atoms. The van der Waals surface area contributed by atoms with Crippen LogP contribution in [-0.2, 0) is 16.1 Å². The van der Waals surface area contributed by atoms with Crippen molar-refractivity contribution in [2.45, 2.75) is 13.0 Å². The number of amides is 3. The smallest absolute Gasteiger partial charge is 0.324 e. The lowest BCUT2D eigenvalue weighted by Crippen LogP contribution is -2.49. The molecule has 0 aliphatic carbocycles. The van der Waals surface area contributed by atoms with E-state index in [2.05, 4.69) is 5.32 Å². The van der Waals surface area contributed by atoms with Gasteiger partial charge in [-0.25, -0.2) is 4.79 Å². The molecule has 0 unspecified atom stereocenters. The number of methoxy groups -OCH3 is 3. The Kier molecular flexibility index (Phi) is 7.13. The minimum absolute atomic E-state index is 0.0752. The van der Waals surface area contributed by atoms with E-state index in [4.69, 9.17) is 14.2 Å². The van der Waals surface area contributed by atoms with Crippen molar-refractivity contribution in [2.75, 3.05) is 51.2 Å². The molecule has 1 heterocycles. The van der Waals surface area contributed by atoms with Crippen molar-refractivity contribution in [1.82, 2.24) is 4.90 Å². The lowest BCUT2D eigenvalue weighted by Gasteiger charge is -2.36. The van der Waals surface area contributed by atoms with Gasteiger partial charge in [-0.2, -0.15) is 0 Å². The Balaban J connectivity index is 1.81. The average molecular weight is 413 g/mol. The van der Waals surface area contributed by atoms with E-state index in [0.29, 0.717) is 36.8 Å². The standard InChI is InChI=1S/C22H27N3O5/c1-28-15-21(26)23-19-13-18(30-3)9-10-20(19)25-12-4-11-24(22(25)27)14-16-5-7-17(29-2)8-6-16/h5-10,13H,4,11-12,14-15H2,1-3H3,(H,23,26). The first-order valence-electron chi connectivity index (χ1n) is 9.72. The molecule has 0 saturated carbocycles. The largest absolute Gasteiger partial charge is 0.497 e. The maximum atomic E-state index is 13.2. The zero-order valence-corrected chi connectivity index (χ0v) is 17.5. The van der Waals surface area contributed by atoms with Crippen molar-refractivity contribution < 1.29 is 23.8 Å². The highest BCUT2D eigenvalue weighted by molar-refractivity contribution is 6.01. The van der Waals surface area contributed by atoms with E-state index in [1.54, 1.807) is 42.2 Å². The van der Waals surface area contributed by atoms with Crippen LogP contribution < -0.4 is 19.7 Å². The molecule has 2 aromatic carbocycles. The minimum atomic E-state index is -0.299. The van der Waals surface area contributed by atoms with Crippen LogP contribution in [0.2, 0.25) is 0 Å². The molecule has 2 aromatic rings. The zero-order chi connectivity index (χ0) is 21.5. The summed E-state index contributed by atoms with van der Waals surface area (Å²) in [7, 11) is 4.63. The van der Waals surface area contributed by atoms with E-state index < -0.39 is 0 Å². The summed E-state index contributed by atoms with van der Waals surface area (Å²) in [4.78, 5) is 28.8. The molecule has 0 atom stereocenters. The van der Waals surface area contributed by atoms with Crippen LogP contribution in [-0.4, -0.2) is 57.9 Å². The first-order valence-corrected chi connectivity index (χ1v) is 9.72. The molecule has 0 spiro atoms. The van der Waals surface area contributed by atoms with Gasteiger partial charge in [-0.3, -0.25) is 9.69 Å². The SMILES string of the molecule is COCC(=O)Nc1cc(OC)ccc1N1CCCN(Cc2ccc(OC)cc2)C1=O. The van der Waals surface area contributed by atoms with Gasteiger partial charge in [-0.1, -0.05) is 12.1 Å². The summed E-state index contributed by atoms with van der Waals surface area (Å²) < 4.78 is 15.4. The molecule has 1 aliphatic heterocycles. The number of nitrogens with zero attached hydrogens (tertiary/aromatic N) is 2. The number of ether oxygens (including phenoxy) is 3. The van der Waals surface area contributed by atoms with E-state index in [9.17, 15) is 9.59 Å². The fourth-order valence-electron chi connectivity index (χ4n) is 3.40. The summed E-state index contributed by atoms with van der Waals surface area (Å²) >= 11 is 0. The maximum Gasteiger partial charge on any atom is 0.324 e. The summed E-state index contributed by atoms with van der Waals surface area (Å²) in [6, 6.07) is 12.8. The number of benzene rings is 2. The molecule has 1 N–H and O–H groups in total.